The maximum atomic E-state index is 13.4. The molecule has 0 unspecified atom stereocenters. The number of nitrogens with zero attached hydrogens (tertiary/aromatic N) is 3. The molecule has 0 spiro atoms. The quantitative estimate of drug-likeness (QED) is 0.430. The first-order valence-corrected chi connectivity index (χ1v) is 11.5. The second kappa shape index (κ2) is 10.8. The Balaban J connectivity index is 1.99. The number of thiazole rings is 1. The van der Waals surface area contributed by atoms with Crippen LogP contribution in [0.15, 0.2) is 36.4 Å². The molecule has 1 aromatic heterocycles. The number of carbonyl (C=O) groups excluding carboxylic acids is 1. The average molecular weight is 462 g/mol. The van der Waals surface area contributed by atoms with Gasteiger partial charge in [0, 0.05) is 18.1 Å². The zero-order valence-electron chi connectivity index (χ0n) is 18.4. The molecule has 0 fully saturated rings. The van der Waals surface area contributed by atoms with Crippen molar-refractivity contribution in [2.24, 2.45) is 0 Å². The lowest BCUT2D eigenvalue weighted by Gasteiger charge is -2.25. The van der Waals surface area contributed by atoms with Gasteiger partial charge >= 0.3 is 0 Å². The maximum absolute atomic E-state index is 13.4. The number of hydrogen-bond donors (Lipinski definition) is 0. The van der Waals surface area contributed by atoms with Crippen molar-refractivity contribution < 1.29 is 14.3 Å². The molecule has 0 aliphatic rings. The van der Waals surface area contributed by atoms with E-state index in [-0.39, 0.29) is 12.3 Å². The van der Waals surface area contributed by atoms with Crippen LogP contribution in [0.2, 0.25) is 5.02 Å². The van der Waals surface area contributed by atoms with E-state index in [0.29, 0.717) is 33.7 Å². The molecule has 1 amide bonds. The van der Waals surface area contributed by atoms with Gasteiger partial charge in [0.1, 0.15) is 21.7 Å². The summed E-state index contributed by atoms with van der Waals surface area (Å²) in [4.78, 5) is 22.2. The summed E-state index contributed by atoms with van der Waals surface area (Å²) in [5.41, 5.74) is 1.50. The number of hydrogen-bond acceptors (Lipinski definition) is 6. The summed E-state index contributed by atoms with van der Waals surface area (Å²) in [5, 5.41) is 1.22. The van der Waals surface area contributed by atoms with Gasteiger partial charge in [-0.1, -0.05) is 55.0 Å². The largest absolute Gasteiger partial charge is 0.495 e. The zero-order valence-corrected chi connectivity index (χ0v) is 19.9. The van der Waals surface area contributed by atoms with Crippen molar-refractivity contribution >= 4 is 44.2 Å². The van der Waals surface area contributed by atoms with Crippen LogP contribution in [0.4, 0.5) is 5.13 Å². The Morgan fingerprint density at radius 2 is 1.71 bits per heavy atom. The van der Waals surface area contributed by atoms with E-state index in [2.05, 4.69) is 18.7 Å². The van der Waals surface area contributed by atoms with Crippen molar-refractivity contribution in [2.75, 3.05) is 45.3 Å². The van der Waals surface area contributed by atoms with Gasteiger partial charge in [-0.15, -0.1) is 0 Å². The standard InChI is InChI=1S/C23H28ClN3O3S/c1-5-26(6-2)13-14-27(20(28)15-16-9-7-8-10-17(16)24)23-25-21-18(29-3)11-12-19(30-4)22(21)31-23/h7-12H,5-6,13-15H2,1-4H3. The Bertz CT molecular complexity index is 995. The third-order valence-corrected chi connectivity index (χ3v) is 6.73. The molecule has 0 aliphatic carbocycles. The van der Waals surface area contributed by atoms with E-state index in [0.717, 1.165) is 29.9 Å². The molecule has 166 valence electrons. The van der Waals surface area contributed by atoms with Gasteiger partial charge in [-0.3, -0.25) is 9.69 Å². The summed E-state index contributed by atoms with van der Waals surface area (Å²) in [6.07, 6.45) is 0.210. The number of likely N-dealkylation sites (N-methyl/N-ethyl adjacent to an activating group) is 1. The highest BCUT2D eigenvalue weighted by atomic mass is 35.5. The van der Waals surface area contributed by atoms with Crippen molar-refractivity contribution in [3.63, 3.8) is 0 Å². The third-order valence-electron chi connectivity index (χ3n) is 5.26. The van der Waals surface area contributed by atoms with Crippen LogP contribution in [0.3, 0.4) is 0 Å². The Kier molecular flexibility index (Phi) is 8.12. The number of amides is 1. The Hall–Kier alpha value is -2.35. The second-order valence-corrected chi connectivity index (χ2v) is 8.37. The predicted molar refractivity (Wildman–Crippen MR) is 128 cm³/mol. The van der Waals surface area contributed by atoms with Gasteiger partial charge in [0.15, 0.2) is 5.13 Å². The lowest BCUT2D eigenvalue weighted by molar-refractivity contribution is -0.118. The van der Waals surface area contributed by atoms with Crippen LogP contribution < -0.4 is 14.4 Å². The molecule has 0 saturated carbocycles. The number of methoxy groups -OCH3 is 2. The normalized spacial score (nSPS) is 11.2. The van der Waals surface area contributed by atoms with E-state index < -0.39 is 0 Å². The van der Waals surface area contributed by atoms with E-state index in [1.54, 1.807) is 25.2 Å². The molecular formula is C23H28ClN3O3S. The topological polar surface area (TPSA) is 54.9 Å². The number of carbonyl (C=O) groups is 1. The zero-order chi connectivity index (χ0) is 22.4. The highest BCUT2D eigenvalue weighted by Crippen LogP contribution is 2.40. The molecule has 6 nitrogen and oxygen atoms in total. The molecule has 31 heavy (non-hydrogen) atoms. The van der Waals surface area contributed by atoms with Gasteiger partial charge in [0.25, 0.3) is 0 Å². The van der Waals surface area contributed by atoms with Gasteiger partial charge < -0.3 is 14.4 Å². The summed E-state index contributed by atoms with van der Waals surface area (Å²) in [5.74, 6) is 1.32. The van der Waals surface area contributed by atoms with Gasteiger partial charge in [-0.25, -0.2) is 4.98 Å². The van der Waals surface area contributed by atoms with Gasteiger partial charge in [0.2, 0.25) is 5.91 Å². The van der Waals surface area contributed by atoms with Crippen LogP contribution in [0.25, 0.3) is 10.2 Å². The van der Waals surface area contributed by atoms with Crippen LogP contribution in [0, 0.1) is 0 Å². The minimum Gasteiger partial charge on any atom is -0.495 e. The molecule has 0 radical (unpaired) electrons. The van der Waals surface area contributed by atoms with Crippen LogP contribution in [0.1, 0.15) is 19.4 Å². The van der Waals surface area contributed by atoms with Crippen molar-refractivity contribution in [1.82, 2.24) is 9.88 Å². The highest BCUT2D eigenvalue weighted by molar-refractivity contribution is 7.22. The van der Waals surface area contributed by atoms with Crippen molar-refractivity contribution in [2.45, 2.75) is 20.3 Å². The van der Waals surface area contributed by atoms with E-state index >= 15 is 0 Å². The number of aromatic nitrogens is 1. The molecular weight excluding hydrogens is 434 g/mol. The monoisotopic (exact) mass is 461 g/mol. The molecule has 3 aromatic rings. The van der Waals surface area contributed by atoms with E-state index in [1.807, 2.05) is 30.3 Å². The molecule has 0 N–H and O–H groups in total. The molecule has 0 bridgehead atoms. The number of benzene rings is 2. The summed E-state index contributed by atoms with van der Waals surface area (Å²) >= 11 is 7.74. The fourth-order valence-corrected chi connectivity index (χ4v) is 4.72. The van der Waals surface area contributed by atoms with Crippen LogP contribution in [-0.2, 0) is 11.2 Å². The van der Waals surface area contributed by atoms with Crippen LogP contribution in [-0.4, -0.2) is 56.2 Å². The molecule has 3 rings (SSSR count). The maximum Gasteiger partial charge on any atom is 0.233 e. The molecule has 0 aliphatic heterocycles. The number of anilines is 1. The molecule has 2 aromatic carbocycles. The lowest BCUT2D eigenvalue weighted by atomic mass is 10.1. The minimum atomic E-state index is -0.0442. The smallest absolute Gasteiger partial charge is 0.233 e. The Labute approximate surface area is 192 Å². The van der Waals surface area contributed by atoms with Crippen molar-refractivity contribution in [3.8, 4) is 11.5 Å². The van der Waals surface area contributed by atoms with Crippen LogP contribution >= 0.6 is 22.9 Å². The predicted octanol–water partition coefficient (Wildman–Crippen LogP) is 4.88. The molecule has 8 heteroatoms. The van der Waals surface area contributed by atoms with Gasteiger partial charge in [-0.05, 0) is 36.9 Å². The fourth-order valence-electron chi connectivity index (χ4n) is 3.40. The number of ether oxygens (including phenoxy) is 2. The Morgan fingerprint density at radius 3 is 2.35 bits per heavy atom. The Morgan fingerprint density at radius 1 is 1.03 bits per heavy atom. The van der Waals surface area contributed by atoms with Crippen molar-refractivity contribution in [1.29, 1.82) is 0 Å². The van der Waals surface area contributed by atoms with Crippen molar-refractivity contribution in [3.05, 3.63) is 47.0 Å². The first kappa shape index (κ1) is 23.3. The summed E-state index contributed by atoms with van der Waals surface area (Å²) < 4.78 is 11.9. The number of rotatable bonds is 10. The SMILES string of the molecule is CCN(CC)CCN(C(=O)Cc1ccccc1Cl)c1nc2c(OC)ccc(OC)c2s1. The molecule has 0 saturated heterocycles. The first-order chi connectivity index (χ1) is 15.0. The van der Waals surface area contributed by atoms with Gasteiger partial charge in [0.05, 0.1) is 20.6 Å². The summed E-state index contributed by atoms with van der Waals surface area (Å²) in [6.45, 7) is 7.37. The third kappa shape index (κ3) is 5.29. The van der Waals surface area contributed by atoms with Gasteiger partial charge in [-0.2, -0.15) is 0 Å². The fraction of sp³-hybridized carbons (Fsp3) is 0.391. The summed E-state index contributed by atoms with van der Waals surface area (Å²) in [7, 11) is 3.24. The van der Waals surface area contributed by atoms with E-state index in [4.69, 9.17) is 26.1 Å². The van der Waals surface area contributed by atoms with E-state index in [1.165, 1.54) is 11.3 Å². The molecule has 1 heterocycles. The summed E-state index contributed by atoms with van der Waals surface area (Å²) in [6, 6.07) is 11.1. The second-order valence-electron chi connectivity index (χ2n) is 6.98. The van der Waals surface area contributed by atoms with Crippen LogP contribution in [0.5, 0.6) is 11.5 Å². The lowest BCUT2D eigenvalue weighted by Crippen LogP contribution is -2.39. The number of fused-ring (bicyclic) bond motifs is 1. The minimum absolute atomic E-state index is 0.0442. The van der Waals surface area contributed by atoms with E-state index in [9.17, 15) is 4.79 Å². The molecule has 0 atom stereocenters. The highest BCUT2D eigenvalue weighted by Gasteiger charge is 2.23. The number of halogens is 1. The first-order valence-electron chi connectivity index (χ1n) is 10.3. The average Bonchev–Trinajstić information content (AvgIpc) is 3.22.